The summed E-state index contributed by atoms with van der Waals surface area (Å²) in [6.07, 6.45) is -18.7. The number of hydrogen-bond donors (Lipinski definition) is 8. The monoisotopic (exact) mass is 1410 g/mol. The van der Waals surface area contributed by atoms with E-state index in [9.17, 15) is 71.9 Å². The molecule has 476 valence electrons. The molecule has 0 aliphatic heterocycles. The molecule has 0 atom stereocenters. The van der Waals surface area contributed by atoms with Crippen LogP contribution in [0.25, 0.3) is 65.2 Å². The molecule has 0 fully saturated rings. The summed E-state index contributed by atoms with van der Waals surface area (Å²) in [7, 11) is 0. The maximum atomic E-state index is 12.5. The van der Waals surface area contributed by atoms with Crippen LogP contribution in [-0.2, 0) is 52.6 Å². The van der Waals surface area contributed by atoms with Crippen LogP contribution in [0.5, 0.6) is 0 Å². The van der Waals surface area contributed by atoms with Crippen molar-refractivity contribution in [3.63, 3.8) is 0 Å². The average molecular weight is 1410 g/mol. The number of carbonyl (C=O) groups is 4. The number of benzene rings is 4. The number of halogens is 12. The Morgan fingerprint density at radius 3 is 0.784 bits per heavy atom. The molecule has 36 heteroatoms. The molecule has 0 unspecified atom stereocenters. The van der Waals surface area contributed by atoms with Gasteiger partial charge in [0.1, 0.15) is 31.2 Å². The van der Waals surface area contributed by atoms with Gasteiger partial charge in [-0.25, -0.2) is 29.5 Å². The minimum atomic E-state index is -4.93. The molecule has 0 saturated carbocycles. The van der Waals surface area contributed by atoms with Gasteiger partial charge in [0.05, 0.1) is 40.9 Å². The van der Waals surface area contributed by atoms with Crippen LogP contribution >= 0.6 is 45.3 Å². The van der Waals surface area contributed by atoms with Crippen molar-refractivity contribution in [1.82, 2.24) is 19.9 Å². The largest absolute Gasteiger partial charge is 0.504 e. The Morgan fingerprint density at radius 1 is 0.386 bits per heavy atom. The van der Waals surface area contributed by atoms with Crippen LogP contribution in [0, 0.1) is 0 Å². The molecule has 0 saturated heterocycles. The number of nitrogens with zero attached hydrogens (tertiary/aromatic N) is 4. The number of amides is 4. The van der Waals surface area contributed by atoms with E-state index < -0.39 is 82.9 Å². The van der Waals surface area contributed by atoms with E-state index in [1.54, 1.807) is 77.9 Å². The summed E-state index contributed by atoms with van der Waals surface area (Å²) in [5.41, 5.74) is 1.37. The summed E-state index contributed by atoms with van der Waals surface area (Å²) in [5, 5.41) is 45.6. The maximum absolute atomic E-state index is 12.5. The first-order valence-corrected chi connectivity index (χ1v) is 27.0. The van der Waals surface area contributed by atoms with Gasteiger partial charge in [0.25, 0.3) is 0 Å². The maximum Gasteiger partial charge on any atom is 0.448 e. The minimum absolute atomic E-state index is 0. The van der Waals surface area contributed by atoms with Gasteiger partial charge in [0.2, 0.25) is 23.0 Å². The molecule has 8 N–H and O–H groups in total. The predicted molar refractivity (Wildman–Crippen MR) is 302 cm³/mol. The van der Waals surface area contributed by atoms with Gasteiger partial charge in [-0.3, -0.25) is 20.2 Å². The van der Waals surface area contributed by atoms with Crippen LogP contribution in [0.3, 0.4) is 0 Å². The number of aliphatic hydroxyl groups excluding tert-OH is 4. The molecule has 4 heterocycles. The van der Waals surface area contributed by atoms with Crippen LogP contribution in [-0.4, -0.2) is 100 Å². The van der Waals surface area contributed by atoms with Gasteiger partial charge in [-0.15, -0.1) is 45.3 Å². The number of thiazole rings is 4. The van der Waals surface area contributed by atoms with Gasteiger partial charge in [0.15, 0.2) is 0 Å². The fourth-order valence-electron chi connectivity index (χ4n) is 6.34. The second-order valence-corrected chi connectivity index (χ2v) is 23.5. The molecule has 4 amide bonds. The van der Waals surface area contributed by atoms with E-state index in [1.807, 2.05) is 0 Å². The summed E-state index contributed by atoms with van der Waals surface area (Å²) < 4.78 is 161. The van der Waals surface area contributed by atoms with Crippen LogP contribution in [0.4, 0.5) is 85.0 Å². The number of alkyl halides is 12. The first-order chi connectivity index (χ1) is 39.6. The number of allylic oxidation sites excluding steroid dienone is 4. The van der Waals surface area contributed by atoms with Gasteiger partial charge in [-0.05, 0) is 114 Å². The number of aliphatic hydroxyl groups is 4. The zero-order valence-corrected chi connectivity index (χ0v) is 50.4. The Hall–Kier alpha value is -7.75. The molecular weight excluding hydrogens is 1370 g/mol. The molecule has 0 aliphatic carbocycles. The first-order valence-electron chi connectivity index (χ1n) is 23.7. The molecule has 0 aliphatic rings. The summed E-state index contributed by atoms with van der Waals surface area (Å²) in [4.78, 5) is 64.0. The summed E-state index contributed by atoms with van der Waals surface area (Å²) in [6, 6.07) is 17.7. The Balaban J connectivity index is 0.000000291. The van der Waals surface area contributed by atoms with E-state index in [0.29, 0.717) is 76.5 Å². The topological polar surface area (TPSA) is 267 Å². The minimum Gasteiger partial charge on any atom is -0.504 e. The third kappa shape index (κ3) is 21.8. The van der Waals surface area contributed by atoms with Gasteiger partial charge >= 0.3 is 48.7 Å². The Morgan fingerprint density at radius 2 is 0.591 bits per heavy atom. The van der Waals surface area contributed by atoms with Gasteiger partial charge in [0, 0.05) is 80.6 Å². The number of aromatic nitrogens is 4. The molecule has 8 rings (SSSR count). The van der Waals surface area contributed by atoms with E-state index in [1.165, 1.54) is 36.4 Å². The van der Waals surface area contributed by atoms with Crippen molar-refractivity contribution in [2.75, 3.05) is 21.3 Å². The van der Waals surface area contributed by atoms with E-state index in [-0.39, 0.29) is 65.0 Å². The second-order valence-electron chi connectivity index (χ2n) is 19.2. The summed E-state index contributed by atoms with van der Waals surface area (Å²) in [6.45, 7) is 10.4. The van der Waals surface area contributed by atoms with Crippen LogP contribution in [0.15, 0.2) is 95.8 Å². The van der Waals surface area contributed by atoms with E-state index in [0.717, 1.165) is 45.3 Å². The van der Waals surface area contributed by atoms with Crippen molar-refractivity contribution in [1.29, 1.82) is 0 Å². The Labute approximate surface area is 524 Å². The molecule has 8 aromatic rings. The number of fused-ring (bicyclic) bond motifs is 4. The Kier molecular flexibility index (Phi) is 23.6. The third-order valence-electron chi connectivity index (χ3n) is 9.83. The van der Waals surface area contributed by atoms with Crippen molar-refractivity contribution >= 4 is 157 Å². The number of ether oxygens (including phenoxy) is 2. The fraction of sp³-hybridized carbons (Fsp3) is 0.231. The van der Waals surface area contributed by atoms with Crippen molar-refractivity contribution in [3.05, 3.63) is 116 Å². The molecule has 88 heavy (non-hydrogen) atoms. The van der Waals surface area contributed by atoms with Crippen molar-refractivity contribution < 1.29 is 135 Å². The van der Waals surface area contributed by atoms with Crippen molar-refractivity contribution in [2.45, 2.75) is 77.4 Å². The second kappa shape index (κ2) is 28.6. The van der Waals surface area contributed by atoms with Gasteiger partial charge in [-0.2, -0.15) is 52.7 Å². The standard InChI is InChI=1S/C22H12F6N4O4S2.2C15H15F3N2O3S.2Co/c23-21(24,25)15(33)7-17-31-11-3-1-9(5-13(11)37-17)29-19(35)20(36)30-10-2-4-12-14(6-10)38-18(32-12)8-16(34)22(26,27)28;2*1-14(2,3)23-13(22)19-8-4-5-9-10(6-8)24-12(20-9)7-11(21)15(16,17)18;;/h1-8,33-34H,(H,29,35)(H,30,36);2*4-7,21H,1-3H3,(H,19,22);;/b15-7-,16-8?;11-7-;;;. The zero-order valence-electron chi connectivity index (χ0n) is 45.1. The van der Waals surface area contributed by atoms with E-state index in [2.05, 4.69) is 41.2 Å². The van der Waals surface area contributed by atoms with Gasteiger partial charge < -0.3 is 40.5 Å². The smallest absolute Gasteiger partial charge is 0.448 e. The Bertz CT molecular complexity index is 3740. The van der Waals surface area contributed by atoms with E-state index in [4.69, 9.17) is 29.9 Å². The number of carbonyl (C=O) groups excluding carboxylic acids is 4. The third-order valence-corrected chi connectivity index (χ3v) is 13.7. The predicted octanol–water partition coefficient (Wildman–Crippen LogP) is 16.6. The number of hydrogen-bond acceptors (Lipinski definition) is 18. The molecule has 0 spiro atoms. The fourth-order valence-corrected chi connectivity index (χ4v) is 10.1. The van der Waals surface area contributed by atoms with Gasteiger partial charge in [-0.1, -0.05) is 0 Å². The molecule has 4 aromatic heterocycles. The number of anilines is 4. The average Bonchev–Trinajstić information content (AvgIpc) is 4.21. The molecule has 4 aromatic carbocycles. The summed E-state index contributed by atoms with van der Waals surface area (Å²) >= 11 is 3.54. The first kappa shape index (κ1) is 72.7. The number of rotatable bonds is 8. The number of nitrogens with one attached hydrogen (secondary N) is 4. The van der Waals surface area contributed by atoms with Crippen molar-refractivity contribution in [3.8, 4) is 0 Å². The SMILES string of the molecule is CC(C)(C)OC(=O)Nc1ccc2nc(/C=C(\O)C(F)(F)F)sc2c1.CC(C)(C)OC(=O)Nc1ccc2nc(C=C(O)C(F)(F)F)sc2c1.O=C(Nc1ccc2nc(C=C(O)C(F)(F)F)sc2c1)C(=O)Nc1ccc2nc(/C=C(\O)C(F)(F)F)sc2c1.[Co].[Co]. The van der Waals surface area contributed by atoms with Crippen LogP contribution in [0.1, 0.15) is 61.6 Å². The molecule has 2 radical (unpaired) electrons. The van der Waals surface area contributed by atoms with Crippen LogP contribution < -0.4 is 21.3 Å². The van der Waals surface area contributed by atoms with E-state index >= 15 is 0 Å². The zero-order chi connectivity index (χ0) is 64.1. The quantitative estimate of drug-likeness (QED) is 0.0400. The summed E-state index contributed by atoms with van der Waals surface area (Å²) in [5.74, 6) is -9.21. The van der Waals surface area contributed by atoms with Crippen molar-refractivity contribution in [2.24, 2.45) is 0 Å². The van der Waals surface area contributed by atoms with Crippen LogP contribution in [0.2, 0.25) is 0 Å². The molecular formula is C52H42Co2F12N8O10S4. The molecule has 18 nitrogen and oxygen atoms in total. The molecule has 0 bridgehead atoms. The normalized spacial score (nSPS) is 12.9.